The molecule has 17 heavy (non-hydrogen) atoms. The minimum Gasteiger partial charge on any atom is -0.395 e. The Labute approximate surface area is 105 Å². The van der Waals surface area contributed by atoms with Crippen LogP contribution in [0.25, 0.3) is 0 Å². The highest BCUT2D eigenvalue weighted by atomic mass is 32.1. The van der Waals surface area contributed by atoms with Crippen LogP contribution in [0.5, 0.6) is 0 Å². The molecule has 0 radical (unpaired) electrons. The van der Waals surface area contributed by atoms with Gasteiger partial charge in [0.15, 0.2) is 0 Å². The number of rotatable bonds is 5. The predicted octanol–water partition coefficient (Wildman–Crippen LogP) is -0.310. The average molecular weight is 257 g/mol. The van der Waals surface area contributed by atoms with E-state index in [1.165, 1.54) is 0 Å². The molecule has 0 atom stereocenters. The van der Waals surface area contributed by atoms with Crippen LogP contribution in [0.4, 0.5) is 5.13 Å². The van der Waals surface area contributed by atoms with Crippen LogP contribution in [-0.2, 0) is 6.54 Å². The highest BCUT2D eigenvalue weighted by Crippen LogP contribution is 2.16. The molecule has 1 aliphatic rings. The normalized spacial score (nSPS) is 18.5. The summed E-state index contributed by atoms with van der Waals surface area (Å²) < 4.78 is 0. The summed E-state index contributed by atoms with van der Waals surface area (Å²) in [5, 5.41) is 22.0. The Morgan fingerprint density at radius 1 is 1.24 bits per heavy atom. The van der Waals surface area contributed by atoms with Crippen LogP contribution >= 0.6 is 11.3 Å². The number of aliphatic hydroxyl groups is 1. The molecule has 1 aromatic heterocycles. The van der Waals surface area contributed by atoms with Crippen LogP contribution in [0.1, 0.15) is 5.01 Å². The van der Waals surface area contributed by atoms with Crippen molar-refractivity contribution in [3.8, 4) is 0 Å². The number of hydrogen-bond donors (Lipinski definition) is 2. The molecular weight excluding hydrogens is 238 g/mol. The largest absolute Gasteiger partial charge is 0.395 e. The molecule has 0 aliphatic carbocycles. The van der Waals surface area contributed by atoms with Crippen molar-refractivity contribution in [3.05, 3.63) is 5.01 Å². The van der Waals surface area contributed by atoms with Crippen LogP contribution in [-0.4, -0.2) is 71.5 Å². The summed E-state index contributed by atoms with van der Waals surface area (Å²) in [5.74, 6) is 0. The molecule has 1 fully saturated rings. The monoisotopic (exact) mass is 257 g/mol. The molecule has 1 saturated heterocycles. The summed E-state index contributed by atoms with van der Waals surface area (Å²) in [7, 11) is 1.86. The van der Waals surface area contributed by atoms with Gasteiger partial charge in [0.2, 0.25) is 5.13 Å². The van der Waals surface area contributed by atoms with Crippen molar-refractivity contribution in [2.75, 3.05) is 51.7 Å². The van der Waals surface area contributed by atoms with Gasteiger partial charge < -0.3 is 10.4 Å². The fourth-order valence-electron chi connectivity index (χ4n) is 1.92. The van der Waals surface area contributed by atoms with Crippen molar-refractivity contribution in [1.82, 2.24) is 20.0 Å². The Morgan fingerprint density at radius 3 is 2.53 bits per heavy atom. The van der Waals surface area contributed by atoms with Gasteiger partial charge in [-0.25, -0.2) is 0 Å². The molecule has 96 valence electrons. The van der Waals surface area contributed by atoms with Gasteiger partial charge in [-0.3, -0.25) is 9.80 Å². The Hall–Kier alpha value is -0.760. The molecule has 0 unspecified atom stereocenters. The minimum atomic E-state index is 0.252. The molecule has 0 spiro atoms. The van der Waals surface area contributed by atoms with Gasteiger partial charge in [0.25, 0.3) is 0 Å². The molecule has 0 amide bonds. The summed E-state index contributed by atoms with van der Waals surface area (Å²) in [5.41, 5.74) is 0. The lowest BCUT2D eigenvalue weighted by Crippen LogP contribution is -2.46. The van der Waals surface area contributed by atoms with Crippen molar-refractivity contribution in [2.45, 2.75) is 6.54 Å². The van der Waals surface area contributed by atoms with Crippen molar-refractivity contribution in [2.24, 2.45) is 0 Å². The van der Waals surface area contributed by atoms with E-state index >= 15 is 0 Å². The first kappa shape index (κ1) is 12.7. The fourth-order valence-corrected chi connectivity index (χ4v) is 2.66. The van der Waals surface area contributed by atoms with Gasteiger partial charge >= 0.3 is 0 Å². The van der Waals surface area contributed by atoms with Crippen molar-refractivity contribution >= 4 is 16.5 Å². The van der Waals surface area contributed by atoms with E-state index in [-0.39, 0.29) is 6.61 Å². The lowest BCUT2D eigenvalue weighted by atomic mass is 10.3. The maximum Gasteiger partial charge on any atom is 0.205 e. The van der Waals surface area contributed by atoms with Gasteiger partial charge in [-0.2, -0.15) is 0 Å². The molecule has 0 bridgehead atoms. The van der Waals surface area contributed by atoms with E-state index in [9.17, 15) is 0 Å². The summed E-state index contributed by atoms with van der Waals surface area (Å²) in [4.78, 5) is 4.67. The number of aliphatic hydroxyl groups excluding tert-OH is 1. The van der Waals surface area contributed by atoms with E-state index in [1.807, 2.05) is 7.05 Å². The summed E-state index contributed by atoms with van der Waals surface area (Å²) >= 11 is 1.61. The second-order valence-corrected chi connectivity index (χ2v) is 5.15. The van der Waals surface area contributed by atoms with Crippen LogP contribution in [0.15, 0.2) is 0 Å². The second-order valence-electron chi connectivity index (χ2n) is 4.09. The topological polar surface area (TPSA) is 64.5 Å². The fraction of sp³-hybridized carbons (Fsp3) is 0.800. The van der Waals surface area contributed by atoms with Gasteiger partial charge in [-0.05, 0) is 0 Å². The third-order valence-electron chi connectivity index (χ3n) is 2.92. The van der Waals surface area contributed by atoms with Crippen LogP contribution in [0.3, 0.4) is 0 Å². The van der Waals surface area contributed by atoms with Crippen molar-refractivity contribution < 1.29 is 5.11 Å². The molecule has 2 heterocycles. The third kappa shape index (κ3) is 3.60. The van der Waals surface area contributed by atoms with E-state index in [0.29, 0.717) is 0 Å². The maximum absolute atomic E-state index is 8.87. The van der Waals surface area contributed by atoms with E-state index < -0.39 is 0 Å². The van der Waals surface area contributed by atoms with Gasteiger partial charge in [-0.15, -0.1) is 10.2 Å². The van der Waals surface area contributed by atoms with E-state index in [2.05, 4.69) is 25.3 Å². The van der Waals surface area contributed by atoms with Crippen molar-refractivity contribution in [3.63, 3.8) is 0 Å². The van der Waals surface area contributed by atoms with E-state index in [1.54, 1.807) is 11.3 Å². The molecule has 0 aromatic carbocycles. The Kier molecular flexibility index (Phi) is 4.66. The van der Waals surface area contributed by atoms with Gasteiger partial charge in [0.1, 0.15) is 5.01 Å². The number of anilines is 1. The molecular formula is C10H19N5OS. The minimum absolute atomic E-state index is 0.252. The number of piperazine rings is 1. The zero-order chi connectivity index (χ0) is 12.1. The van der Waals surface area contributed by atoms with E-state index in [4.69, 9.17) is 5.11 Å². The first-order valence-electron chi connectivity index (χ1n) is 5.87. The number of nitrogens with one attached hydrogen (secondary N) is 1. The van der Waals surface area contributed by atoms with Crippen LogP contribution in [0, 0.1) is 0 Å². The Balaban J connectivity index is 1.77. The molecule has 0 saturated carbocycles. The van der Waals surface area contributed by atoms with Crippen LogP contribution < -0.4 is 5.32 Å². The molecule has 2 rings (SSSR count). The molecule has 1 aromatic rings. The SMILES string of the molecule is CNc1nnc(CN2CCN(CCO)CC2)s1. The number of hydrogen-bond acceptors (Lipinski definition) is 7. The zero-order valence-corrected chi connectivity index (χ0v) is 10.9. The first-order valence-corrected chi connectivity index (χ1v) is 6.69. The Bertz CT molecular complexity index is 337. The highest BCUT2D eigenvalue weighted by molar-refractivity contribution is 7.15. The standard InChI is InChI=1S/C10H19N5OS/c1-11-10-13-12-9(17-10)8-15-4-2-14(3-5-15)6-7-16/h16H,2-8H2,1H3,(H,11,13). The lowest BCUT2D eigenvalue weighted by Gasteiger charge is -2.33. The average Bonchev–Trinajstić information content (AvgIpc) is 2.80. The van der Waals surface area contributed by atoms with Gasteiger partial charge in [-0.1, -0.05) is 11.3 Å². The first-order chi connectivity index (χ1) is 8.31. The van der Waals surface area contributed by atoms with Crippen molar-refractivity contribution in [1.29, 1.82) is 0 Å². The summed E-state index contributed by atoms with van der Waals surface area (Å²) in [6.07, 6.45) is 0. The summed E-state index contributed by atoms with van der Waals surface area (Å²) in [6.45, 7) is 6.05. The smallest absolute Gasteiger partial charge is 0.205 e. The summed E-state index contributed by atoms with van der Waals surface area (Å²) in [6, 6.07) is 0. The number of β-amino-alcohol motifs (C(OH)–C–C–N with tert-alkyl or cyclic N) is 1. The van der Waals surface area contributed by atoms with Gasteiger partial charge in [0, 0.05) is 39.8 Å². The molecule has 1 aliphatic heterocycles. The molecule has 2 N–H and O–H groups in total. The number of aromatic nitrogens is 2. The predicted molar refractivity (Wildman–Crippen MR) is 68.3 cm³/mol. The maximum atomic E-state index is 8.87. The molecule has 6 nitrogen and oxygen atoms in total. The highest BCUT2D eigenvalue weighted by Gasteiger charge is 2.17. The second kappa shape index (κ2) is 6.25. The molecule has 7 heteroatoms. The lowest BCUT2D eigenvalue weighted by molar-refractivity contribution is 0.108. The Morgan fingerprint density at radius 2 is 1.94 bits per heavy atom. The number of nitrogens with zero attached hydrogens (tertiary/aromatic N) is 4. The quantitative estimate of drug-likeness (QED) is 0.754. The van der Waals surface area contributed by atoms with Gasteiger partial charge in [0.05, 0.1) is 13.2 Å². The van der Waals surface area contributed by atoms with Crippen LogP contribution in [0.2, 0.25) is 0 Å². The van der Waals surface area contributed by atoms with E-state index in [0.717, 1.165) is 49.4 Å². The third-order valence-corrected chi connectivity index (χ3v) is 3.85. The zero-order valence-electron chi connectivity index (χ0n) is 10.1.